The Morgan fingerprint density at radius 1 is 1.04 bits per heavy atom. The van der Waals surface area contributed by atoms with Crippen molar-refractivity contribution in [1.82, 2.24) is 10.2 Å². The normalized spacial score (nSPS) is 12.0. The molecule has 4 N–H and O–H groups in total. The smallest absolute Gasteiger partial charge is 0.251 e. The van der Waals surface area contributed by atoms with Crippen LogP contribution in [0.4, 0.5) is 13.2 Å². The van der Waals surface area contributed by atoms with E-state index in [-0.39, 0.29) is 12.0 Å². The molecule has 0 radical (unpaired) electrons. The van der Waals surface area contributed by atoms with Gasteiger partial charge >= 0.3 is 0 Å². The molecule has 0 unspecified atom stereocenters. The standard InChI is InChI=1S/C19H15F3N4O/c20-12-5-10(6-13(21)9-12)7-17(23)18-14(3-4-25-26-18)11-1-2-16(22)15(8-11)19(24)27/h1-6,8-9,17H,7,23H2,(H2,24,27)/t17-/m1/s1. The molecule has 1 aromatic heterocycles. The highest BCUT2D eigenvalue weighted by atomic mass is 19.1. The van der Waals surface area contributed by atoms with Crippen molar-refractivity contribution >= 4 is 5.91 Å². The van der Waals surface area contributed by atoms with E-state index in [0.29, 0.717) is 22.4 Å². The Balaban J connectivity index is 1.99. The predicted octanol–water partition coefficient (Wildman–Crippen LogP) is 2.90. The first kappa shape index (κ1) is 18.5. The molecule has 1 atom stereocenters. The summed E-state index contributed by atoms with van der Waals surface area (Å²) >= 11 is 0. The largest absolute Gasteiger partial charge is 0.366 e. The molecule has 1 amide bonds. The van der Waals surface area contributed by atoms with Crippen molar-refractivity contribution in [3.63, 3.8) is 0 Å². The molecule has 5 nitrogen and oxygen atoms in total. The molecule has 138 valence electrons. The van der Waals surface area contributed by atoms with Crippen LogP contribution in [0.25, 0.3) is 11.1 Å². The van der Waals surface area contributed by atoms with Gasteiger partial charge in [-0.3, -0.25) is 4.79 Å². The predicted molar refractivity (Wildman–Crippen MR) is 92.9 cm³/mol. The number of rotatable bonds is 5. The van der Waals surface area contributed by atoms with Crippen LogP contribution in [0.15, 0.2) is 48.7 Å². The number of halogens is 3. The lowest BCUT2D eigenvalue weighted by atomic mass is 9.95. The number of carbonyl (C=O) groups excluding carboxylic acids is 1. The van der Waals surface area contributed by atoms with Crippen LogP contribution in [-0.4, -0.2) is 16.1 Å². The number of amides is 1. The van der Waals surface area contributed by atoms with Gasteiger partial charge in [-0.05, 0) is 47.9 Å². The highest BCUT2D eigenvalue weighted by molar-refractivity contribution is 5.94. The summed E-state index contributed by atoms with van der Waals surface area (Å²) in [5.74, 6) is -3.06. The van der Waals surface area contributed by atoms with Gasteiger partial charge in [-0.25, -0.2) is 13.2 Å². The molecule has 3 rings (SSSR count). The molecule has 2 aromatic carbocycles. The number of nitrogens with two attached hydrogens (primary N) is 2. The lowest BCUT2D eigenvalue weighted by Gasteiger charge is -2.15. The van der Waals surface area contributed by atoms with Crippen LogP contribution in [0.3, 0.4) is 0 Å². The molecule has 0 bridgehead atoms. The second-order valence-corrected chi connectivity index (χ2v) is 5.98. The molecular formula is C19H15F3N4O. The average Bonchev–Trinajstić information content (AvgIpc) is 2.61. The maximum atomic E-state index is 13.7. The topological polar surface area (TPSA) is 94.9 Å². The van der Waals surface area contributed by atoms with E-state index in [1.165, 1.54) is 30.5 Å². The zero-order valence-electron chi connectivity index (χ0n) is 14.0. The average molecular weight is 372 g/mol. The summed E-state index contributed by atoms with van der Waals surface area (Å²) in [5, 5.41) is 7.82. The number of nitrogens with zero attached hydrogens (tertiary/aromatic N) is 2. The second kappa shape index (κ2) is 7.55. The highest BCUT2D eigenvalue weighted by Crippen LogP contribution is 2.28. The van der Waals surface area contributed by atoms with Gasteiger partial charge in [0.05, 0.1) is 23.5 Å². The molecule has 0 saturated carbocycles. The lowest BCUT2D eigenvalue weighted by molar-refractivity contribution is 0.0996. The third-order valence-electron chi connectivity index (χ3n) is 4.02. The highest BCUT2D eigenvalue weighted by Gasteiger charge is 2.18. The van der Waals surface area contributed by atoms with E-state index >= 15 is 0 Å². The minimum absolute atomic E-state index is 0.101. The van der Waals surface area contributed by atoms with Gasteiger partial charge in [-0.1, -0.05) is 6.07 Å². The van der Waals surface area contributed by atoms with Crippen molar-refractivity contribution in [3.05, 3.63) is 82.9 Å². The van der Waals surface area contributed by atoms with Crippen molar-refractivity contribution in [3.8, 4) is 11.1 Å². The van der Waals surface area contributed by atoms with Crippen LogP contribution < -0.4 is 11.5 Å². The fourth-order valence-electron chi connectivity index (χ4n) is 2.82. The van der Waals surface area contributed by atoms with Gasteiger partial charge in [0.1, 0.15) is 17.5 Å². The van der Waals surface area contributed by atoms with Gasteiger partial charge in [0.2, 0.25) is 0 Å². The van der Waals surface area contributed by atoms with E-state index < -0.39 is 29.4 Å². The first-order valence-electron chi connectivity index (χ1n) is 7.97. The van der Waals surface area contributed by atoms with Crippen molar-refractivity contribution in [1.29, 1.82) is 0 Å². The van der Waals surface area contributed by atoms with E-state index in [1.54, 1.807) is 6.07 Å². The van der Waals surface area contributed by atoms with Crippen molar-refractivity contribution in [2.45, 2.75) is 12.5 Å². The first-order chi connectivity index (χ1) is 12.8. The lowest BCUT2D eigenvalue weighted by Crippen LogP contribution is -2.17. The Kier molecular flexibility index (Phi) is 5.18. The zero-order valence-corrected chi connectivity index (χ0v) is 14.0. The number of hydrogen-bond acceptors (Lipinski definition) is 4. The Bertz CT molecular complexity index is 990. The summed E-state index contributed by atoms with van der Waals surface area (Å²) < 4.78 is 40.5. The summed E-state index contributed by atoms with van der Waals surface area (Å²) in [6.07, 6.45) is 1.52. The monoisotopic (exact) mass is 372 g/mol. The van der Waals surface area contributed by atoms with Crippen LogP contribution in [0, 0.1) is 17.5 Å². The van der Waals surface area contributed by atoms with Crippen molar-refractivity contribution in [2.24, 2.45) is 11.5 Å². The fraction of sp³-hybridized carbons (Fsp3) is 0.105. The molecule has 0 aliphatic carbocycles. The number of carbonyl (C=O) groups is 1. The van der Waals surface area contributed by atoms with Gasteiger partial charge in [-0.2, -0.15) is 10.2 Å². The Morgan fingerprint density at radius 2 is 1.74 bits per heavy atom. The van der Waals surface area contributed by atoms with Crippen LogP contribution >= 0.6 is 0 Å². The van der Waals surface area contributed by atoms with Crippen LogP contribution in [0.1, 0.15) is 27.7 Å². The Labute approximate surface area is 152 Å². The fourth-order valence-corrected chi connectivity index (χ4v) is 2.82. The minimum atomic E-state index is -0.905. The number of hydrogen-bond donors (Lipinski definition) is 2. The maximum Gasteiger partial charge on any atom is 0.251 e. The second-order valence-electron chi connectivity index (χ2n) is 5.98. The van der Waals surface area contributed by atoms with Gasteiger partial charge in [0, 0.05) is 11.6 Å². The number of benzene rings is 2. The molecule has 27 heavy (non-hydrogen) atoms. The summed E-state index contributed by atoms with van der Waals surface area (Å²) in [5.41, 5.74) is 12.8. The maximum absolute atomic E-state index is 13.7. The van der Waals surface area contributed by atoms with E-state index in [9.17, 15) is 18.0 Å². The van der Waals surface area contributed by atoms with Gasteiger partial charge < -0.3 is 11.5 Å². The number of aromatic nitrogens is 2. The molecular weight excluding hydrogens is 357 g/mol. The molecule has 1 heterocycles. The molecule has 0 spiro atoms. The molecule has 0 aliphatic rings. The Hall–Kier alpha value is -3.26. The molecule has 8 heteroatoms. The van der Waals surface area contributed by atoms with E-state index in [1.807, 2.05) is 0 Å². The number of primary amides is 1. The third-order valence-corrected chi connectivity index (χ3v) is 4.02. The molecule has 3 aromatic rings. The SMILES string of the molecule is NC(=O)c1cc(-c2ccnnc2[C@H](N)Cc2cc(F)cc(F)c2)ccc1F. The molecule has 0 aliphatic heterocycles. The summed E-state index contributed by atoms with van der Waals surface area (Å²) in [7, 11) is 0. The summed E-state index contributed by atoms with van der Waals surface area (Å²) in [6, 6.07) is 7.87. The van der Waals surface area contributed by atoms with E-state index in [2.05, 4.69) is 10.2 Å². The quantitative estimate of drug-likeness (QED) is 0.720. The first-order valence-corrected chi connectivity index (χ1v) is 7.97. The minimum Gasteiger partial charge on any atom is -0.366 e. The van der Waals surface area contributed by atoms with Crippen molar-refractivity contribution in [2.75, 3.05) is 0 Å². The van der Waals surface area contributed by atoms with Crippen LogP contribution in [0.2, 0.25) is 0 Å². The van der Waals surface area contributed by atoms with Gasteiger partial charge in [-0.15, -0.1) is 0 Å². The van der Waals surface area contributed by atoms with Crippen LogP contribution in [-0.2, 0) is 6.42 Å². The molecule has 0 saturated heterocycles. The molecule has 0 fully saturated rings. The van der Waals surface area contributed by atoms with E-state index in [0.717, 1.165) is 12.1 Å². The van der Waals surface area contributed by atoms with Crippen molar-refractivity contribution < 1.29 is 18.0 Å². The summed E-state index contributed by atoms with van der Waals surface area (Å²) in [6.45, 7) is 0. The Morgan fingerprint density at radius 3 is 2.41 bits per heavy atom. The zero-order chi connectivity index (χ0) is 19.6. The van der Waals surface area contributed by atoms with E-state index in [4.69, 9.17) is 11.5 Å². The van der Waals surface area contributed by atoms with Crippen LogP contribution in [0.5, 0.6) is 0 Å². The third kappa shape index (κ3) is 4.12. The summed E-state index contributed by atoms with van der Waals surface area (Å²) in [4.78, 5) is 11.4. The van der Waals surface area contributed by atoms with Gasteiger partial charge in [0.15, 0.2) is 0 Å². The van der Waals surface area contributed by atoms with Gasteiger partial charge in [0.25, 0.3) is 5.91 Å².